The van der Waals surface area contributed by atoms with Crippen molar-refractivity contribution in [3.8, 4) is 5.75 Å². The minimum atomic E-state index is -1.56. The Morgan fingerprint density at radius 2 is 1.71 bits per heavy atom. The fourth-order valence-electron chi connectivity index (χ4n) is 5.15. The van der Waals surface area contributed by atoms with Gasteiger partial charge < -0.3 is 19.9 Å². The highest BCUT2D eigenvalue weighted by Gasteiger charge is 2.41. The van der Waals surface area contributed by atoms with Crippen molar-refractivity contribution in [2.24, 2.45) is 5.92 Å². The molecule has 1 amide bonds. The number of nitrogens with one attached hydrogen (secondary N) is 2. The van der Waals surface area contributed by atoms with Gasteiger partial charge >= 0.3 is 5.97 Å². The van der Waals surface area contributed by atoms with E-state index >= 15 is 0 Å². The lowest BCUT2D eigenvalue weighted by Gasteiger charge is -2.42. The highest BCUT2D eigenvalue weighted by molar-refractivity contribution is 5.94. The standard InChI is InChI=1S/C31H33F3N2O6/c1-18(2)28(36-31(12-5-6-13-42-31)22-11-7-9-19-8-3-4-10-21(19)22)30(40)35-25(16-27(38)39)26(37)17-41-29-23(33)14-20(32)15-24(29)34/h3-4,7-11,14-15,18,25,28,36H,5-6,12-13,16-17H2,1-2H3,(H,35,40)(H,38,39)/t25-,28-,31?/m0/s1. The van der Waals surface area contributed by atoms with E-state index in [9.17, 15) is 32.7 Å². The Bertz CT molecular complexity index is 1430. The van der Waals surface area contributed by atoms with Crippen molar-refractivity contribution >= 4 is 28.4 Å². The second kappa shape index (κ2) is 13.3. The maximum absolute atomic E-state index is 14.0. The van der Waals surface area contributed by atoms with Gasteiger partial charge in [-0.25, -0.2) is 13.2 Å². The molecule has 0 spiro atoms. The van der Waals surface area contributed by atoms with Crippen molar-refractivity contribution in [2.45, 2.75) is 57.3 Å². The van der Waals surface area contributed by atoms with Gasteiger partial charge in [0.2, 0.25) is 5.91 Å². The number of rotatable bonds is 12. The zero-order valence-corrected chi connectivity index (χ0v) is 23.3. The number of ketones is 1. The van der Waals surface area contributed by atoms with E-state index < -0.39 is 71.7 Å². The molecule has 224 valence electrons. The second-order valence-electron chi connectivity index (χ2n) is 10.6. The maximum Gasteiger partial charge on any atom is 0.305 e. The molecule has 3 aromatic rings. The first kappa shape index (κ1) is 31.0. The Balaban J connectivity index is 1.57. The Labute approximate surface area is 241 Å². The van der Waals surface area contributed by atoms with Gasteiger partial charge in [-0.15, -0.1) is 0 Å². The molecule has 11 heteroatoms. The van der Waals surface area contributed by atoms with E-state index in [-0.39, 0.29) is 5.92 Å². The number of Topliss-reactive ketones (excluding diaryl/α,β-unsaturated/α-hetero) is 1. The molecule has 8 nitrogen and oxygen atoms in total. The monoisotopic (exact) mass is 586 g/mol. The number of carbonyl (C=O) groups is 3. The molecule has 0 saturated carbocycles. The number of fused-ring (bicyclic) bond motifs is 1. The van der Waals surface area contributed by atoms with Gasteiger partial charge in [0.25, 0.3) is 0 Å². The van der Waals surface area contributed by atoms with Crippen LogP contribution in [0.1, 0.15) is 45.1 Å². The van der Waals surface area contributed by atoms with Crippen molar-refractivity contribution in [1.29, 1.82) is 0 Å². The number of benzene rings is 3. The van der Waals surface area contributed by atoms with Crippen LogP contribution in [0.3, 0.4) is 0 Å². The van der Waals surface area contributed by atoms with Crippen LogP contribution in [0.15, 0.2) is 54.6 Å². The fraction of sp³-hybridized carbons (Fsp3) is 0.387. The number of hydrogen-bond donors (Lipinski definition) is 3. The molecule has 3 aromatic carbocycles. The number of carboxylic acid groups (broad SMARTS) is 1. The van der Waals surface area contributed by atoms with Crippen molar-refractivity contribution in [3.05, 3.63) is 77.6 Å². The van der Waals surface area contributed by atoms with Crippen LogP contribution in [-0.4, -0.2) is 48.1 Å². The number of carbonyl (C=O) groups excluding carboxylic acids is 2. The summed E-state index contributed by atoms with van der Waals surface area (Å²) in [4.78, 5) is 38.1. The van der Waals surface area contributed by atoms with Gasteiger partial charge in [0.1, 0.15) is 24.2 Å². The van der Waals surface area contributed by atoms with Gasteiger partial charge in [-0.3, -0.25) is 19.7 Å². The summed E-state index contributed by atoms with van der Waals surface area (Å²) in [6.45, 7) is 3.10. The molecular formula is C31H33F3N2O6. The summed E-state index contributed by atoms with van der Waals surface area (Å²) in [7, 11) is 0. The first-order chi connectivity index (χ1) is 20.0. The molecule has 0 bridgehead atoms. The number of ether oxygens (including phenoxy) is 2. The number of halogens is 3. The average molecular weight is 587 g/mol. The van der Waals surface area contributed by atoms with Crippen molar-refractivity contribution in [1.82, 2.24) is 10.6 Å². The summed E-state index contributed by atoms with van der Waals surface area (Å²) in [5.41, 5.74) is -0.174. The van der Waals surface area contributed by atoms with Crippen molar-refractivity contribution in [3.63, 3.8) is 0 Å². The molecule has 1 unspecified atom stereocenters. The summed E-state index contributed by atoms with van der Waals surface area (Å²) in [5, 5.41) is 17.2. The normalized spacial score (nSPS) is 18.4. The molecule has 1 aliphatic heterocycles. The molecule has 0 aliphatic carbocycles. The number of carboxylic acids is 1. The molecule has 42 heavy (non-hydrogen) atoms. The molecular weight excluding hydrogens is 553 g/mol. The molecule has 1 saturated heterocycles. The maximum atomic E-state index is 14.0. The first-order valence-corrected chi connectivity index (χ1v) is 13.7. The molecule has 1 fully saturated rings. The van der Waals surface area contributed by atoms with E-state index in [2.05, 4.69) is 10.6 Å². The second-order valence-corrected chi connectivity index (χ2v) is 10.6. The summed E-state index contributed by atoms with van der Waals surface area (Å²) >= 11 is 0. The third kappa shape index (κ3) is 7.08. The lowest BCUT2D eigenvalue weighted by molar-refractivity contribution is -0.143. The van der Waals surface area contributed by atoms with Crippen LogP contribution >= 0.6 is 0 Å². The zero-order chi connectivity index (χ0) is 30.4. The predicted molar refractivity (Wildman–Crippen MR) is 148 cm³/mol. The minimum absolute atomic E-state index is 0.318. The van der Waals surface area contributed by atoms with Gasteiger partial charge in [-0.2, -0.15) is 0 Å². The smallest absolute Gasteiger partial charge is 0.305 e. The molecule has 3 atom stereocenters. The lowest BCUT2D eigenvalue weighted by Crippen LogP contribution is -2.60. The molecule has 0 aromatic heterocycles. The van der Waals surface area contributed by atoms with Crippen LogP contribution in [0.5, 0.6) is 5.75 Å². The van der Waals surface area contributed by atoms with Gasteiger partial charge in [-0.05, 0) is 36.0 Å². The van der Waals surface area contributed by atoms with Crippen LogP contribution in [0.25, 0.3) is 10.8 Å². The quantitative estimate of drug-likeness (QED) is 0.279. The predicted octanol–water partition coefficient (Wildman–Crippen LogP) is 4.83. The number of amides is 1. The Morgan fingerprint density at radius 3 is 2.36 bits per heavy atom. The van der Waals surface area contributed by atoms with E-state index in [1.165, 1.54) is 0 Å². The number of hydrogen-bond acceptors (Lipinski definition) is 6. The molecule has 1 aliphatic rings. The van der Waals surface area contributed by atoms with Crippen LogP contribution in [0.4, 0.5) is 13.2 Å². The fourth-order valence-corrected chi connectivity index (χ4v) is 5.15. The summed E-state index contributed by atoms with van der Waals surface area (Å²) < 4.78 is 52.4. The zero-order valence-electron chi connectivity index (χ0n) is 23.3. The van der Waals surface area contributed by atoms with Gasteiger partial charge in [-0.1, -0.05) is 56.3 Å². The SMILES string of the molecule is CC(C)[C@H](NC1(c2cccc3ccccc23)CCCCO1)C(=O)N[C@@H](CC(=O)O)C(=O)COc1c(F)cc(F)cc1F. The highest BCUT2D eigenvalue weighted by atomic mass is 19.1. The highest BCUT2D eigenvalue weighted by Crippen LogP contribution is 2.38. The molecule has 1 heterocycles. The Hall–Kier alpha value is -3.96. The summed E-state index contributed by atoms with van der Waals surface area (Å²) in [5.74, 6) is -8.18. The third-order valence-electron chi connectivity index (χ3n) is 7.24. The van der Waals surface area contributed by atoms with Gasteiger partial charge in [0, 0.05) is 24.3 Å². The van der Waals surface area contributed by atoms with Crippen LogP contribution in [0.2, 0.25) is 0 Å². The van der Waals surface area contributed by atoms with Gasteiger partial charge in [0.15, 0.2) is 23.2 Å². The van der Waals surface area contributed by atoms with Crippen molar-refractivity contribution in [2.75, 3.05) is 13.2 Å². The molecule has 0 radical (unpaired) electrons. The lowest BCUT2D eigenvalue weighted by atomic mass is 9.88. The molecule has 4 rings (SSSR count). The topological polar surface area (TPSA) is 114 Å². The van der Waals surface area contributed by atoms with Gasteiger partial charge in [0.05, 0.1) is 12.5 Å². The van der Waals surface area contributed by atoms with Crippen LogP contribution in [0, 0.1) is 23.4 Å². The van der Waals surface area contributed by atoms with E-state index in [1.54, 1.807) is 13.8 Å². The first-order valence-electron chi connectivity index (χ1n) is 13.7. The summed E-state index contributed by atoms with van der Waals surface area (Å²) in [6, 6.07) is 11.9. The van der Waals surface area contributed by atoms with E-state index in [0.29, 0.717) is 25.2 Å². The Kier molecular flexibility index (Phi) is 9.85. The number of aliphatic carboxylic acids is 1. The van der Waals surface area contributed by atoms with Crippen LogP contribution < -0.4 is 15.4 Å². The minimum Gasteiger partial charge on any atom is -0.481 e. The average Bonchev–Trinajstić information content (AvgIpc) is 2.94. The summed E-state index contributed by atoms with van der Waals surface area (Å²) in [6.07, 6.45) is 1.45. The molecule has 3 N–H and O–H groups in total. The van der Waals surface area contributed by atoms with Crippen molar-refractivity contribution < 1.29 is 42.1 Å². The Morgan fingerprint density at radius 1 is 1.02 bits per heavy atom. The largest absolute Gasteiger partial charge is 0.481 e. The van der Waals surface area contributed by atoms with Crippen LogP contribution in [-0.2, 0) is 24.8 Å². The third-order valence-corrected chi connectivity index (χ3v) is 7.24. The van der Waals surface area contributed by atoms with E-state index in [0.717, 1.165) is 29.2 Å². The van der Waals surface area contributed by atoms with E-state index in [1.807, 2.05) is 42.5 Å². The van der Waals surface area contributed by atoms with E-state index in [4.69, 9.17) is 9.47 Å².